The molecular formula is C38H45N5O. The number of aryl methyl sites for hydroxylation is 3. The fraction of sp³-hybridized carbons (Fsp3) is 0.395. The Labute approximate surface area is 262 Å². The molecular weight excluding hydrogens is 542 g/mol. The fourth-order valence-corrected chi connectivity index (χ4v) is 6.37. The van der Waals surface area contributed by atoms with E-state index in [1.54, 1.807) is 0 Å². The zero-order valence-corrected chi connectivity index (χ0v) is 26.7. The summed E-state index contributed by atoms with van der Waals surface area (Å²) in [5.41, 5.74) is 13.1. The highest BCUT2D eigenvalue weighted by atomic mass is 16.6. The van der Waals surface area contributed by atoms with Gasteiger partial charge in [-0.05, 0) is 75.8 Å². The van der Waals surface area contributed by atoms with Gasteiger partial charge < -0.3 is 9.74 Å². The van der Waals surface area contributed by atoms with E-state index in [9.17, 15) is 0 Å². The van der Waals surface area contributed by atoms with Gasteiger partial charge in [-0.3, -0.25) is 14.9 Å². The van der Waals surface area contributed by atoms with Gasteiger partial charge in [-0.25, -0.2) is 0 Å². The predicted octanol–water partition coefficient (Wildman–Crippen LogP) is 7.80. The first-order chi connectivity index (χ1) is 21.4. The Morgan fingerprint density at radius 3 is 2.41 bits per heavy atom. The van der Waals surface area contributed by atoms with Gasteiger partial charge in [0.05, 0.1) is 29.3 Å². The summed E-state index contributed by atoms with van der Waals surface area (Å²) in [5.74, 6) is 0. The maximum Gasteiger partial charge on any atom is 0.142 e. The number of rotatable bonds is 9. The topological polar surface area (TPSA) is 53.9 Å². The summed E-state index contributed by atoms with van der Waals surface area (Å²) in [4.78, 5) is 21.1. The standard InChI is InChI=1S/C38H45N5O/c1-27-23-37-36(39-30(27)4)17-11-12-20-43(37)25-29(3)44-41-28(2)18-21-42-22-19-35-33(26-42)24-34(31-13-7-5-8-14-31)38(40-35)32-15-9-6-10-16-32/h5-10,13-16,23-24,29H,11-12,17-22,25-26H2,1-4H3/b41-28+/t29-/m1/s1. The van der Waals surface area contributed by atoms with Gasteiger partial charge in [0.2, 0.25) is 0 Å². The van der Waals surface area contributed by atoms with Crippen molar-refractivity contribution in [2.45, 2.75) is 72.4 Å². The molecule has 0 amide bonds. The van der Waals surface area contributed by atoms with Crippen molar-refractivity contribution in [3.05, 3.63) is 101 Å². The van der Waals surface area contributed by atoms with Gasteiger partial charge in [0, 0.05) is 61.5 Å². The SMILES string of the molecule is C/C(CCN1CCc2nc(-c3ccccc3)c(-c3ccccc3)cc2C1)=N\O[C@H](C)CN1CCCCc2nc(C)c(C)cc21. The molecule has 0 aliphatic carbocycles. The molecule has 2 aliphatic heterocycles. The summed E-state index contributed by atoms with van der Waals surface area (Å²) in [5, 5.41) is 4.56. The van der Waals surface area contributed by atoms with Gasteiger partial charge in [0.15, 0.2) is 0 Å². The van der Waals surface area contributed by atoms with Crippen LogP contribution in [-0.2, 0) is 24.2 Å². The zero-order valence-electron chi connectivity index (χ0n) is 26.7. The lowest BCUT2D eigenvalue weighted by atomic mass is 9.94. The minimum absolute atomic E-state index is 0.000616. The molecule has 0 saturated heterocycles. The smallest absolute Gasteiger partial charge is 0.142 e. The van der Waals surface area contributed by atoms with Crippen LogP contribution in [0.15, 0.2) is 78.0 Å². The molecule has 2 aromatic carbocycles. The third-order valence-corrected chi connectivity index (χ3v) is 8.99. The lowest BCUT2D eigenvalue weighted by molar-refractivity contribution is 0.0761. The lowest BCUT2D eigenvalue weighted by Gasteiger charge is -2.29. The summed E-state index contributed by atoms with van der Waals surface area (Å²) in [6.07, 6.45) is 5.26. The minimum atomic E-state index is 0.000616. The molecule has 2 aromatic heterocycles. The Morgan fingerprint density at radius 1 is 0.886 bits per heavy atom. The molecule has 6 nitrogen and oxygen atoms in total. The Balaban J connectivity index is 1.08. The first-order valence-electron chi connectivity index (χ1n) is 16.2. The molecule has 6 rings (SSSR count). The molecule has 1 atom stereocenters. The number of aromatic nitrogens is 2. The van der Waals surface area contributed by atoms with E-state index in [4.69, 9.17) is 14.8 Å². The third-order valence-electron chi connectivity index (χ3n) is 8.99. The van der Waals surface area contributed by atoms with E-state index >= 15 is 0 Å². The molecule has 6 heteroatoms. The van der Waals surface area contributed by atoms with Crippen molar-refractivity contribution in [3.8, 4) is 22.4 Å². The second-order valence-electron chi connectivity index (χ2n) is 12.5. The number of hydrogen-bond acceptors (Lipinski definition) is 6. The Kier molecular flexibility index (Phi) is 9.37. The molecule has 0 N–H and O–H groups in total. The quantitative estimate of drug-likeness (QED) is 0.148. The van der Waals surface area contributed by atoms with Gasteiger partial charge in [-0.15, -0.1) is 0 Å². The van der Waals surface area contributed by atoms with Gasteiger partial charge >= 0.3 is 0 Å². The average molecular weight is 588 g/mol. The third kappa shape index (κ3) is 7.02. The van der Waals surface area contributed by atoms with Crippen molar-refractivity contribution >= 4 is 11.4 Å². The van der Waals surface area contributed by atoms with Crippen molar-refractivity contribution in [1.82, 2.24) is 14.9 Å². The Hall–Kier alpha value is -4.03. The first kappa shape index (κ1) is 30.0. The molecule has 0 unspecified atom stereocenters. The number of nitrogens with zero attached hydrogens (tertiary/aromatic N) is 5. The largest absolute Gasteiger partial charge is 0.391 e. The fourth-order valence-electron chi connectivity index (χ4n) is 6.37. The molecule has 228 valence electrons. The van der Waals surface area contributed by atoms with Gasteiger partial charge in [-0.1, -0.05) is 65.8 Å². The maximum absolute atomic E-state index is 6.03. The molecule has 0 saturated carbocycles. The second-order valence-corrected chi connectivity index (χ2v) is 12.5. The molecule has 0 radical (unpaired) electrons. The molecule has 0 bridgehead atoms. The Morgan fingerprint density at radius 2 is 1.64 bits per heavy atom. The van der Waals surface area contributed by atoms with E-state index in [2.05, 4.69) is 115 Å². The van der Waals surface area contributed by atoms with Crippen LogP contribution in [0.5, 0.6) is 0 Å². The van der Waals surface area contributed by atoms with Crippen LogP contribution in [0.2, 0.25) is 0 Å². The number of hydrogen-bond donors (Lipinski definition) is 0. The number of oxime groups is 1. The van der Waals surface area contributed by atoms with Crippen molar-refractivity contribution in [2.24, 2.45) is 5.16 Å². The van der Waals surface area contributed by atoms with Crippen LogP contribution in [0.3, 0.4) is 0 Å². The average Bonchev–Trinajstić information content (AvgIpc) is 3.24. The second kappa shape index (κ2) is 13.7. The highest BCUT2D eigenvalue weighted by Crippen LogP contribution is 2.34. The number of pyridine rings is 2. The lowest BCUT2D eigenvalue weighted by Crippen LogP contribution is -2.33. The van der Waals surface area contributed by atoms with Crippen LogP contribution in [0, 0.1) is 13.8 Å². The summed E-state index contributed by atoms with van der Waals surface area (Å²) in [6.45, 7) is 13.2. The van der Waals surface area contributed by atoms with Crippen LogP contribution in [-0.4, -0.2) is 52.9 Å². The van der Waals surface area contributed by atoms with Crippen molar-refractivity contribution in [2.75, 3.05) is 31.1 Å². The predicted molar refractivity (Wildman–Crippen MR) is 181 cm³/mol. The molecule has 4 aromatic rings. The molecule has 4 heterocycles. The normalized spacial score (nSPS) is 16.2. The van der Waals surface area contributed by atoms with Crippen molar-refractivity contribution in [1.29, 1.82) is 0 Å². The number of anilines is 1. The van der Waals surface area contributed by atoms with E-state index in [1.807, 2.05) is 0 Å². The number of fused-ring (bicyclic) bond motifs is 2. The summed E-state index contributed by atoms with van der Waals surface area (Å²) >= 11 is 0. The molecule has 0 fully saturated rings. The van der Waals surface area contributed by atoms with Gasteiger partial charge in [0.25, 0.3) is 0 Å². The van der Waals surface area contributed by atoms with Crippen LogP contribution in [0.25, 0.3) is 22.4 Å². The minimum Gasteiger partial charge on any atom is -0.391 e. The number of benzene rings is 2. The van der Waals surface area contributed by atoms with Gasteiger partial charge in [-0.2, -0.15) is 0 Å². The van der Waals surface area contributed by atoms with Crippen molar-refractivity contribution < 1.29 is 4.84 Å². The highest BCUT2D eigenvalue weighted by Gasteiger charge is 2.22. The molecule has 44 heavy (non-hydrogen) atoms. The first-order valence-corrected chi connectivity index (χ1v) is 16.2. The van der Waals surface area contributed by atoms with E-state index in [0.29, 0.717) is 0 Å². The maximum atomic E-state index is 6.03. The van der Waals surface area contributed by atoms with Crippen LogP contribution in [0.1, 0.15) is 61.3 Å². The molecule has 2 aliphatic rings. The van der Waals surface area contributed by atoms with E-state index in [0.717, 1.165) is 69.1 Å². The van der Waals surface area contributed by atoms with Gasteiger partial charge in [0.1, 0.15) is 6.10 Å². The summed E-state index contributed by atoms with van der Waals surface area (Å²) in [6, 6.07) is 25.9. The van der Waals surface area contributed by atoms with E-state index in [-0.39, 0.29) is 6.10 Å². The van der Waals surface area contributed by atoms with Crippen molar-refractivity contribution in [3.63, 3.8) is 0 Å². The van der Waals surface area contributed by atoms with Crippen LogP contribution >= 0.6 is 0 Å². The Bertz CT molecular complexity index is 1600. The van der Waals surface area contributed by atoms with Crippen LogP contribution < -0.4 is 4.90 Å². The van der Waals surface area contributed by atoms with E-state index in [1.165, 1.54) is 57.7 Å². The molecule has 0 spiro atoms. The summed E-state index contributed by atoms with van der Waals surface area (Å²) in [7, 11) is 0. The zero-order chi connectivity index (χ0) is 30.5. The monoisotopic (exact) mass is 587 g/mol. The van der Waals surface area contributed by atoms with E-state index < -0.39 is 0 Å². The summed E-state index contributed by atoms with van der Waals surface area (Å²) < 4.78 is 0. The van der Waals surface area contributed by atoms with Crippen LogP contribution in [0.4, 0.5) is 5.69 Å². The highest BCUT2D eigenvalue weighted by molar-refractivity contribution is 5.82.